The van der Waals surface area contributed by atoms with E-state index in [0.717, 1.165) is 24.2 Å². The van der Waals surface area contributed by atoms with Gasteiger partial charge in [0.05, 0.1) is 19.2 Å². The Morgan fingerprint density at radius 2 is 1.85 bits per heavy atom. The Morgan fingerprint density at radius 1 is 1.11 bits per heavy atom. The Balaban J connectivity index is 1.46. The van der Waals surface area contributed by atoms with E-state index in [4.69, 9.17) is 9.15 Å². The maximum atomic E-state index is 12.2. The van der Waals surface area contributed by atoms with E-state index in [1.165, 1.54) is 5.56 Å². The molecule has 0 aliphatic carbocycles. The fourth-order valence-corrected chi connectivity index (χ4v) is 2.82. The van der Waals surface area contributed by atoms with E-state index in [0.29, 0.717) is 23.9 Å². The predicted octanol–water partition coefficient (Wildman–Crippen LogP) is 3.95. The SMILES string of the molecule is COc1ccc(CCCNC(=O)Cc2nc(-c3ccccc3)oc2C)cc1. The summed E-state index contributed by atoms with van der Waals surface area (Å²) in [5.41, 5.74) is 2.82. The number of carbonyl (C=O) groups is 1. The molecule has 2 aromatic carbocycles. The molecule has 0 spiro atoms. The standard InChI is InChI=1S/C22H24N2O3/c1-16-20(24-22(27-16)18-8-4-3-5-9-18)15-21(25)23-14-6-7-17-10-12-19(26-2)13-11-17/h3-5,8-13H,6-7,14-15H2,1-2H3,(H,23,25). The van der Waals surface area contributed by atoms with Crippen LogP contribution in [0.15, 0.2) is 59.0 Å². The third kappa shape index (κ3) is 5.20. The molecule has 1 N–H and O–H groups in total. The molecule has 0 aliphatic rings. The van der Waals surface area contributed by atoms with Gasteiger partial charge in [-0.15, -0.1) is 0 Å². The van der Waals surface area contributed by atoms with E-state index in [1.54, 1.807) is 7.11 Å². The average Bonchev–Trinajstić information content (AvgIpc) is 3.07. The smallest absolute Gasteiger partial charge is 0.226 e. The first-order valence-corrected chi connectivity index (χ1v) is 9.07. The quantitative estimate of drug-likeness (QED) is 0.615. The predicted molar refractivity (Wildman–Crippen MR) is 105 cm³/mol. The van der Waals surface area contributed by atoms with Gasteiger partial charge in [-0.25, -0.2) is 4.98 Å². The number of aryl methyl sites for hydroxylation is 2. The molecule has 0 aliphatic heterocycles. The van der Waals surface area contributed by atoms with Crippen LogP contribution in [0.5, 0.6) is 5.75 Å². The Morgan fingerprint density at radius 3 is 2.56 bits per heavy atom. The Bertz CT molecular complexity index is 870. The van der Waals surface area contributed by atoms with E-state index in [9.17, 15) is 4.79 Å². The van der Waals surface area contributed by atoms with Gasteiger partial charge in [0.2, 0.25) is 11.8 Å². The van der Waals surface area contributed by atoms with Gasteiger partial charge in [-0.1, -0.05) is 30.3 Å². The van der Waals surface area contributed by atoms with Gasteiger partial charge in [-0.3, -0.25) is 4.79 Å². The minimum absolute atomic E-state index is 0.0410. The van der Waals surface area contributed by atoms with Crippen molar-refractivity contribution in [3.63, 3.8) is 0 Å². The first kappa shape index (κ1) is 18.7. The molecule has 140 valence electrons. The van der Waals surface area contributed by atoms with Crippen LogP contribution in [0.25, 0.3) is 11.5 Å². The monoisotopic (exact) mass is 364 g/mol. The summed E-state index contributed by atoms with van der Waals surface area (Å²) in [5, 5.41) is 2.95. The van der Waals surface area contributed by atoms with Crippen molar-refractivity contribution in [3.05, 3.63) is 71.6 Å². The first-order chi connectivity index (χ1) is 13.2. The fourth-order valence-electron chi connectivity index (χ4n) is 2.82. The number of hydrogen-bond donors (Lipinski definition) is 1. The van der Waals surface area contributed by atoms with E-state index < -0.39 is 0 Å². The van der Waals surface area contributed by atoms with Gasteiger partial charge in [-0.2, -0.15) is 0 Å². The second-order valence-corrected chi connectivity index (χ2v) is 6.37. The van der Waals surface area contributed by atoms with Crippen molar-refractivity contribution in [3.8, 4) is 17.2 Å². The molecule has 0 atom stereocenters. The number of rotatable bonds is 8. The van der Waals surface area contributed by atoms with E-state index in [-0.39, 0.29) is 12.3 Å². The molecule has 3 aromatic rings. The van der Waals surface area contributed by atoms with Crippen LogP contribution in [-0.4, -0.2) is 24.5 Å². The lowest BCUT2D eigenvalue weighted by molar-refractivity contribution is -0.120. The number of methoxy groups -OCH3 is 1. The average molecular weight is 364 g/mol. The zero-order chi connectivity index (χ0) is 19.1. The highest BCUT2D eigenvalue weighted by Gasteiger charge is 2.14. The molecule has 1 amide bonds. The number of amides is 1. The summed E-state index contributed by atoms with van der Waals surface area (Å²) in [4.78, 5) is 16.7. The first-order valence-electron chi connectivity index (χ1n) is 9.07. The van der Waals surface area contributed by atoms with Crippen LogP contribution in [0.3, 0.4) is 0 Å². The van der Waals surface area contributed by atoms with Crippen LogP contribution in [-0.2, 0) is 17.6 Å². The molecule has 0 bridgehead atoms. The second-order valence-electron chi connectivity index (χ2n) is 6.37. The van der Waals surface area contributed by atoms with Crippen molar-refractivity contribution in [2.75, 3.05) is 13.7 Å². The summed E-state index contributed by atoms with van der Waals surface area (Å²) >= 11 is 0. The zero-order valence-corrected chi connectivity index (χ0v) is 15.7. The van der Waals surface area contributed by atoms with Gasteiger partial charge in [0, 0.05) is 12.1 Å². The third-order valence-electron chi connectivity index (χ3n) is 4.36. The van der Waals surface area contributed by atoms with Crippen molar-refractivity contribution < 1.29 is 13.9 Å². The molecular weight excluding hydrogens is 340 g/mol. The summed E-state index contributed by atoms with van der Waals surface area (Å²) in [6.45, 7) is 2.47. The lowest BCUT2D eigenvalue weighted by Crippen LogP contribution is -2.26. The lowest BCUT2D eigenvalue weighted by atomic mass is 10.1. The van der Waals surface area contributed by atoms with Crippen LogP contribution >= 0.6 is 0 Å². The molecular formula is C22H24N2O3. The highest BCUT2D eigenvalue weighted by Crippen LogP contribution is 2.21. The number of benzene rings is 2. The number of ether oxygens (including phenoxy) is 1. The van der Waals surface area contributed by atoms with E-state index in [1.807, 2.05) is 61.5 Å². The molecule has 0 saturated heterocycles. The summed E-state index contributed by atoms with van der Waals surface area (Å²) in [6, 6.07) is 17.7. The maximum absolute atomic E-state index is 12.2. The largest absolute Gasteiger partial charge is 0.497 e. The van der Waals surface area contributed by atoms with Crippen molar-refractivity contribution in [1.82, 2.24) is 10.3 Å². The van der Waals surface area contributed by atoms with E-state index in [2.05, 4.69) is 10.3 Å². The second kappa shape index (κ2) is 9.03. The Labute approximate surface area is 159 Å². The van der Waals surface area contributed by atoms with Crippen molar-refractivity contribution in [1.29, 1.82) is 0 Å². The van der Waals surface area contributed by atoms with Crippen molar-refractivity contribution in [2.45, 2.75) is 26.2 Å². The molecule has 0 fully saturated rings. The van der Waals surface area contributed by atoms with Gasteiger partial charge >= 0.3 is 0 Å². The van der Waals surface area contributed by atoms with Crippen LogP contribution < -0.4 is 10.1 Å². The zero-order valence-electron chi connectivity index (χ0n) is 15.7. The van der Waals surface area contributed by atoms with Gasteiger partial charge < -0.3 is 14.5 Å². The van der Waals surface area contributed by atoms with Crippen LogP contribution in [0.4, 0.5) is 0 Å². The number of aromatic nitrogens is 1. The molecule has 1 heterocycles. The maximum Gasteiger partial charge on any atom is 0.226 e. The summed E-state index contributed by atoms with van der Waals surface area (Å²) in [5.74, 6) is 2.04. The minimum Gasteiger partial charge on any atom is -0.497 e. The molecule has 0 unspecified atom stereocenters. The summed E-state index contributed by atoms with van der Waals surface area (Å²) in [6.07, 6.45) is 2.02. The summed E-state index contributed by atoms with van der Waals surface area (Å²) < 4.78 is 10.9. The highest BCUT2D eigenvalue weighted by molar-refractivity contribution is 5.78. The molecule has 5 heteroatoms. The van der Waals surface area contributed by atoms with Crippen LogP contribution in [0, 0.1) is 6.92 Å². The molecule has 3 rings (SSSR count). The molecule has 27 heavy (non-hydrogen) atoms. The lowest BCUT2D eigenvalue weighted by Gasteiger charge is -2.05. The normalized spacial score (nSPS) is 10.6. The summed E-state index contributed by atoms with van der Waals surface area (Å²) in [7, 11) is 1.66. The Kier molecular flexibility index (Phi) is 6.26. The highest BCUT2D eigenvalue weighted by atomic mass is 16.5. The number of nitrogens with one attached hydrogen (secondary N) is 1. The van der Waals surface area contributed by atoms with Gasteiger partial charge in [-0.05, 0) is 49.6 Å². The van der Waals surface area contributed by atoms with Gasteiger partial charge in [0.1, 0.15) is 11.5 Å². The number of nitrogens with zero attached hydrogens (tertiary/aromatic N) is 1. The van der Waals surface area contributed by atoms with Crippen molar-refractivity contribution >= 4 is 5.91 Å². The van der Waals surface area contributed by atoms with E-state index >= 15 is 0 Å². The molecule has 1 aromatic heterocycles. The Hall–Kier alpha value is -3.08. The van der Waals surface area contributed by atoms with Crippen molar-refractivity contribution in [2.24, 2.45) is 0 Å². The van der Waals surface area contributed by atoms with Crippen LogP contribution in [0.2, 0.25) is 0 Å². The van der Waals surface area contributed by atoms with Gasteiger partial charge in [0.15, 0.2) is 0 Å². The third-order valence-corrected chi connectivity index (χ3v) is 4.36. The van der Waals surface area contributed by atoms with Crippen LogP contribution in [0.1, 0.15) is 23.4 Å². The topological polar surface area (TPSA) is 64.4 Å². The molecule has 0 saturated carbocycles. The fraction of sp³-hybridized carbons (Fsp3) is 0.273. The molecule has 0 radical (unpaired) electrons. The minimum atomic E-state index is -0.0410. The number of hydrogen-bond acceptors (Lipinski definition) is 4. The number of oxazole rings is 1. The molecule has 5 nitrogen and oxygen atoms in total. The number of carbonyl (C=O) groups excluding carboxylic acids is 1. The van der Waals surface area contributed by atoms with Gasteiger partial charge in [0.25, 0.3) is 0 Å².